The molecule has 328 valence electrons. The van der Waals surface area contributed by atoms with E-state index in [0.717, 1.165) is 66.6 Å². The number of aromatic nitrogens is 5. The van der Waals surface area contributed by atoms with Crippen molar-refractivity contribution in [2.45, 2.75) is 0 Å². The first-order valence-electron chi connectivity index (χ1n) is 23.9. The van der Waals surface area contributed by atoms with Crippen molar-refractivity contribution in [2.75, 3.05) is 0 Å². The zero-order valence-electron chi connectivity index (χ0n) is 38.1. The summed E-state index contributed by atoms with van der Waals surface area (Å²) in [7, 11) is -3.02. The van der Waals surface area contributed by atoms with Gasteiger partial charge in [-0.3, -0.25) is 9.13 Å². The van der Waals surface area contributed by atoms with Crippen LogP contribution in [0.5, 0.6) is 0 Å². The topological polar surface area (TPSA) is 40.6 Å². The van der Waals surface area contributed by atoms with Gasteiger partial charge in [0.1, 0.15) is 5.82 Å². The predicted molar refractivity (Wildman–Crippen MR) is 294 cm³/mol. The summed E-state index contributed by atoms with van der Waals surface area (Å²) in [5, 5.41) is 12.2. The monoisotopic (exact) mass is 909 g/mol. The second kappa shape index (κ2) is 16.0. The van der Waals surface area contributed by atoms with Gasteiger partial charge in [0.2, 0.25) is 5.95 Å². The summed E-state index contributed by atoms with van der Waals surface area (Å²) in [5.74, 6) is 1.39. The number of rotatable bonds is 8. The van der Waals surface area contributed by atoms with E-state index >= 15 is 0 Å². The molecule has 4 heterocycles. The van der Waals surface area contributed by atoms with E-state index < -0.39 is 8.07 Å². The molecule has 0 fully saturated rings. The molecule has 0 spiro atoms. The van der Waals surface area contributed by atoms with Crippen LogP contribution in [0.2, 0.25) is 0 Å². The fourth-order valence-corrected chi connectivity index (χ4v) is 16.3. The van der Waals surface area contributed by atoms with Gasteiger partial charge in [0, 0.05) is 43.9 Å². The van der Waals surface area contributed by atoms with Gasteiger partial charge in [0.05, 0.1) is 44.5 Å². The molecule has 0 unspecified atom stereocenters. The molecule has 0 N–H and O–H groups in total. The quantitative estimate of drug-likeness (QED) is 0.113. The van der Waals surface area contributed by atoms with Gasteiger partial charge in [-0.05, 0) is 63.2 Å². The highest BCUT2D eigenvalue weighted by atomic mass is 28.3. The summed E-state index contributed by atoms with van der Waals surface area (Å²) in [5.41, 5.74) is 9.41. The fraction of sp³-hybridized carbons (Fsp3) is 0. The lowest BCUT2D eigenvalue weighted by atomic mass is 10.1. The van der Waals surface area contributed by atoms with Gasteiger partial charge in [-0.2, -0.15) is 4.98 Å². The maximum atomic E-state index is 5.83. The average Bonchev–Trinajstić information content (AvgIpc) is 4.08. The minimum absolute atomic E-state index is 0.600. The Morgan fingerprint density at radius 1 is 0.271 bits per heavy atom. The van der Waals surface area contributed by atoms with Gasteiger partial charge in [-0.25, -0.2) is 4.98 Å². The first-order valence-corrected chi connectivity index (χ1v) is 25.9. The first kappa shape index (κ1) is 40.0. The zero-order valence-corrected chi connectivity index (χ0v) is 39.1. The number of nitrogens with zero attached hydrogens (tertiary/aromatic N) is 5. The third kappa shape index (κ3) is 5.97. The second-order valence-electron chi connectivity index (χ2n) is 18.1. The highest BCUT2D eigenvalue weighted by Gasteiger charge is 2.42. The van der Waals surface area contributed by atoms with E-state index in [0.29, 0.717) is 5.95 Å². The van der Waals surface area contributed by atoms with Crippen molar-refractivity contribution in [2.24, 2.45) is 0 Å². The Kier molecular flexibility index (Phi) is 9.15. The Balaban J connectivity index is 1.16. The van der Waals surface area contributed by atoms with Crippen LogP contribution in [0.1, 0.15) is 0 Å². The highest BCUT2D eigenvalue weighted by molar-refractivity contribution is 7.20. The molecule has 14 rings (SSSR count). The molecule has 0 aliphatic rings. The van der Waals surface area contributed by atoms with E-state index in [9.17, 15) is 0 Å². The van der Waals surface area contributed by atoms with Gasteiger partial charge in [-0.15, -0.1) is 0 Å². The average molecular weight is 910 g/mol. The Morgan fingerprint density at radius 3 is 1.01 bits per heavy atom. The highest BCUT2D eigenvalue weighted by Crippen LogP contribution is 2.39. The Morgan fingerprint density at radius 2 is 0.614 bits per heavy atom. The molecular formula is C64H43N5Si. The summed E-state index contributed by atoms with van der Waals surface area (Å²) in [6.07, 6.45) is 0. The van der Waals surface area contributed by atoms with Gasteiger partial charge in [0.15, 0.2) is 8.07 Å². The van der Waals surface area contributed by atoms with Crippen molar-refractivity contribution in [3.63, 3.8) is 0 Å². The third-order valence-electron chi connectivity index (χ3n) is 14.4. The summed E-state index contributed by atoms with van der Waals surface area (Å²) in [4.78, 5) is 11.5. The number of hydrogen-bond acceptors (Lipinski definition) is 2. The maximum Gasteiger partial charge on any atom is 0.237 e. The van der Waals surface area contributed by atoms with Crippen molar-refractivity contribution >= 4 is 94.2 Å². The Bertz CT molecular complexity index is 3910. The smallest absolute Gasteiger partial charge is 0.237 e. The molecule has 4 aromatic heterocycles. The van der Waals surface area contributed by atoms with E-state index in [4.69, 9.17) is 9.97 Å². The van der Waals surface area contributed by atoms with Crippen molar-refractivity contribution < 1.29 is 0 Å². The molecule has 0 aliphatic heterocycles. The molecule has 0 saturated heterocycles. The third-order valence-corrected chi connectivity index (χ3v) is 19.2. The summed E-state index contributed by atoms with van der Waals surface area (Å²) >= 11 is 0. The molecule has 10 aromatic carbocycles. The molecule has 0 bridgehead atoms. The molecule has 0 saturated carbocycles. The van der Waals surface area contributed by atoms with E-state index in [-0.39, 0.29) is 0 Å². The molecule has 70 heavy (non-hydrogen) atoms. The summed E-state index contributed by atoms with van der Waals surface area (Å²) < 4.78 is 7.03. The van der Waals surface area contributed by atoms with Crippen molar-refractivity contribution in [1.82, 2.24) is 23.7 Å². The SMILES string of the molecule is c1ccc([Si](c2ccccc2)(c2ccccc2)c2ccc(-n3c4ccccc4c4ccccc43)c(-c3cc(-n4c5ccccc5c5ccccc54)nc(-n4c5ccccc5c5ccccc54)n3)c2)cc1. The van der Waals surface area contributed by atoms with Crippen LogP contribution >= 0.6 is 0 Å². The Hall–Kier alpha value is -9.10. The van der Waals surface area contributed by atoms with Gasteiger partial charge in [0.25, 0.3) is 0 Å². The standard InChI is InChI=1S/C64H43N5Si/c1-4-22-44(23-5-1)70(45-24-6-2-7-25-45,46-26-8-3-9-27-46)47-40-41-62(67-56-34-16-10-28-48(56)49-29-11-17-35-57(49)67)54(42-47)55-43-63(68-58-36-18-12-30-50(58)51-31-13-19-37-59(51)68)66-64(65-55)69-60-38-20-14-32-52(60)53-33-15-21-39-61(53)69/h1-43H. The van der Waals surface area contributed by atoms with E-state index in [2.05, 4.69) is 275 Å². The number of hydrogen-bond donors (Lipinski definition) is 0. The van der Waals surface area contributed by atoms with E-state index in [1.54, 1.807) is 0 Å². The first-order chi connectivity index (χ1) is 34.8. The van der Waals surface area contributed by atoms with E-state index in [1.165, 1.54) is 42.3 Å². The molecule has 0 aliphatic carbocycles. The van der Waals surface area contributed by atoms with E-state index in [1.807, 2.05) is 0 Å². The van der Waals surface area contributed by atoms with Crippen molar-refractivity contribution in [1.29, 1.82) is 0 Å². The van der Waals surface area contributed by atoms with Crippen LogP contribution in [0.4, 0.5) is 0 Å². The second-order valence-corrected chi connectivity index (χ2v) is 21.9. The molecule has 0 radical (unpaired) electrons. The molecule has 0 amide bonds. The molecule has 5 nitrogen and oxygen atoms in total. The summed E-state index contributed by atoms with van der Waals surface area (Å²) in [6.45, 7) is 0. The van der Waals surface area contributed by atoms with Crippen LogP contribution in [0, 0.1) is 0 Å². The van der Waals surface area contributed by atoms with Crippen LogP contribution in [-0.2, 0) is 0 Å². The van der Waals surface area contributed by atoms with Crippen molar-refractivity contribution in [3.8, 4) is 28.7 Å². The molecule has 0 atom stereocenters. The van der Waals surface area contributed by atoms with Gasteiger partial charge in [-0.1, -0.05) is 212 Å². The minimum atomic E-state index is -3.02. The van der Waals surface area contributed by atoms with Crippen LogP contribution in [0.15, 0.2) is 261 Å². The molecule has 14 aromatic rings. The summed E-state index contributed by atoms with van der Waals surface area (Å²) in [6, 6.07) is 95.1. The molecule has 6 heteroatoms. The van der Waals surface area contributed by atoms with Crippen LogP contribution in [0.25, 0.3) is 94.1 Å². The lowest BCUT2D eigenvalue weighted by molar-refractivity contribution is 0.951. The maximum absolute atomic E-state index is 5.83. The number of para-hydroxylation sites is 6. The van der Waals surface area contributed by atoms with Crippen LogP contribution in [-0.4, -0.2) is 31.7 Å². The largest absolute Gasteiger partial charge is 0.309 e. The van der Waals surface area contributed by atoms with Crippen LogP contribution < -0.4 is 20.7 Å². The normalized spacial score (nSPS) is 12.0. The van der Waals surface area contributed by atoms with Gasteiger partial charge < -0.3 is 4.57 Å². The van der Waals surface area contributed by atoms with Crippen LogP contribution in [0.3, 0.4) is 0 Å². The lowest BCUT2D eigenvalue weighted by Crippen LogP contribution is -2.74. The fourth-order valence-electron chi connectivity index (χ4n) is 11.5. The lowest BCUT2D eigenvalue weighted by Gasteiger charge is -2.35. The Labute approximate surface area is 405 Å². The number of fused-ring (bicyclic) bond motifs is 9. The predicted octanol–water partition coefficient (Wildman–Crippen LogP) is 12.8. The number of benzene rings is 10. The minimum Gasteiger partial charge on any atom is -0.309 e. The van der Waals surface area contributed by atoms with Gasteiger partial charge >= 0.3 is 0 Å². The van der Waals surface area contributed by atoms with Crippen molar-refractivity contribution in [3.05, 3.63) is 261 Å². The molecular weight excluding hydrogens is 867 g/mol. The zero-order chi connectivity index (χ0) is 46.2.